The van der Waals surface area contributed by atoms with E-state index in [1.165, 1.54) is 11.2 Å². The van der Waals surface area contributed by atoms with Crippen molar-refractivity contribution in [1.82, 2.24) is 29.3 Å². The number of likely N-dealkylation sites (N-methyl/N-ethyl adjacent to an activating group) is 1. The van der Waals surface area contributed by atoms with Gasteiger partial charge < -0.3 is 28.9 Å². The summed E-state index contributed by atoms with van der Waals surface area (Å²) in [4.78, 5) is 55.0. The van der Waals surface area contributed by atoms with Gasteiger partial charge in [0.1, 0.15) is 17.5 Å². The van der Waals surface area contributed by atoms with Crippen molar-refractivity contribution in [3.8, 4) is 0 Å². The number of hydrogen-bond donors (Lipinski definition) is 1. The molecule has 0 saturated carbocycles. The number of imidazole rings is 1. The average Bonchev–Trinajstić information content (AvgIpc) is 3.18. The molecule has 13 heteroatoms. The first kappa shape index (κ1) is 27.9. The Hall–Kier alpha value is -3.64. The van der Waals surface area contributed by atoms with E-state index in [-0.39, 0.29) is 19.5 Å². The number of hydrogen-bond acceptors (Lipinski definition) is 9. The maximum atomic E-state index is 13.1. The third-order valence-corrected chi connectivity index (χ3v) is 5.55. The molecule has 0 aliphatic carbocycles. The van der Waals surface area contributed by atoms with E-state index >= 15 is 0 Å². The number of carboxylic acids is 1. The molecule has 0 bridgehead atoms. The molecular formula is C24H37N7O6. The van der Waals surface area contributed by atoms with Crippen molar-refractivity contribution in [2.45, 2.75) is 71.8 Å². The lowest BCUT2D eigenvalue weighted by atomic mass is 10.1. The number of carbonyl (C=O) groups is 3. The number of anilines is 1. The second-order valence-corrected chi connectivity index (χ2v) is 11.1. The molecule has 2 aromatic rings. The van der Waals surface area contributed by atoms with Gasteiger partial charge >= 0.3 is 18.2 Å². The lowest BCUT2D eigenvalue weighted by Crippen LogP contribution is -2.60. The summed E-state index contributed by atoms with van der Waals surface area (Å²) in [6.07, 6.45) is 1.96. The molecule has 3 heterocycles. The molecule has 37 heavy (non-hydrogen) atoms. The van der Waals surface area contributed by atoms with Crippen LogP contribution in [0.25, 0.3) is 11.2 Å². The van der Waals surface area contributed by atoms with Gasteiger partial charge in [-0.05, 0) is 41.5 Å². The zero-order chi connectivity index (χ0) is 27.5. The van der Waals surface area contributed by atoms with E-state index in [4.69, 9.17) is 14.6 Å². The molecule has 1 atom stereocenters. The van der Waals surface area contributed by atoms with Crippen LogP contribution in [0.15, 0.2) is 12.7 Å². The Morgan fingerprint density at radius 3 is 2.35 bits per heavy atom. The first-order valence-corrected chi connectivity index (χ1v) is 12.2. The van der Waals surface area contributed by atoms with Gasteiger partial charge in [-0.1, -0.05) is 0 Å². The van der Waals surface area contributed by atoms with E-state index in [1.54, 1.807) is 64.4 Å². The molecule has 1 aliphatic rings. The lowest BCUT2D eigenvalue weighted by molar-refractivity contribution is -0.137. The Morgan fingerprint density at radius 1 is 1.05 bits per heavy atom. The predicted molar refractivity (Wildman–Crippen MR) is 135 cm³/mol. The van der Waals surface area contributed by atoms with E-state index in [0.717, 1.165) is 0 Å². The third kappa shape index (κ3) is 7.43. The van der Waals surface area contributed by atoms with Crippen molar-refractivity contribution in [2.24, 2.45) is 0 Å². The minimum atomic E-state index is -0.911. The maximum absolute atomic E-state index is 13.1. The Labute approximate surface area is 216 Å². The summed E-state index contributed by atoms with van der Waals surface area (Å²) in [6, 6.07) is -0.416. The van der Waals surface area contributed by atoms with Crippen LogP contribution in [-0.4, -0.2) is 103 Å². The zero-order valence-corrected chi connectivity index (χ0v) is 22.6. The summed E-state index contributed by atoms with van der Waals surface area (Å²) in [5, 5.41) is 9.03. The molecule has 0 radical (unpaired) electrons. The van der Waals surface area contributed by atoms with Crippen LogP contribution in [0.5, 0.6) is 0 Å². The zero-order valence-electron chi connectivity index (χ0n) is 22.6. The number of carboxylic acid groups (broad SMARTS) is 1. The molecule has 1 saturated heterocycles. The number of piperazine rings is 1. The normalized spacial score (nSPS) is 16.6. The SMILES string of the molecule is CN(CC1CN(c2ncnc3c2ncn3CCC(=O)O)CCN1C(=O)OC(C)(C)C)C(=O)OC(C)(C)C. The molecule has 0 aromatic carbocycles. The van der Waals surface area contributed by atoms with Crippen molar-refractivity contribution in [3.05, 3.63) is 12.7 Å². The summed E-state index contributed by atoms with van der Waals surface area (Å²) in [5.74, 6) is -0.334. The Morgan fingerprint density at radius 2 is 1.73 bits per heavy atom. The molecule has 1 N–H and O–H groups in total. The summed E-state index contributed by atoms with van der Waals surface area (Å²) in [5.41, 5.74) is -0.251. The van der Waals surface area contributed by atoms with Gasteiger partial charge in [0.2, 0.25) is 0 Å². The molecular weight excluding hydrogens is 482 g/mol. The van der Waals surface area contributed by atoms with E-state index in [2.05, 4.69) is 15.0 Å². The fourth-order valence-electron chi connectivity index (χ4n) is 3.97. The number of rotatable bonds is 6. The fourth-order valence-corrected chi connectivity index (χ4v) is 3.97. The van der Waals surface area contributed by atoms with E-state index in [9.17, 15) is 14.4 Å². The number of fused-ring (bicyclic) bond motifs is 1. The molecule has 3 rings (SSSR count). The first-order chi connectivity index (χ1) is 17.1. The second-order valence-electron chi connectivity index (χ2n) is 11.1. The molecule has 1 fully saturated rings. The van der Waals surface area contributed by atoms with E-state index in [0.29, 0.717) is 36.6 Å². The quantitative estimate of drug-likeness (QED) is 0.605. The molecule has 13 nitrogen and oxygen atoms in total. The topological polar surface area (TPSA) is 143 Å². The number of nitrogens with zero attached hydrogens (tertiary/aromatic N) is 7. The van der Waals surface area contributed by atoms with Crippen LogP contribution in [-0.2, 0) is 20.8 Å². The van der Waals surface area contributed by atoms with Gasteiger partial charge in [0.05, 0.1) is 18.8 Å². The van der Waals surface area contributed by atoms with Gasteiger partial charge in [0.25, 0.3) is 0 Å². The highest BCUT2D eigenvalue weighted by molar-refractivity contribution is 5.83. The average molecular weight is 520 g/mol. The fraction of sp³-hybridized carbons (Fsp3) is 0.667. The Kier molecular flexibility index (Phi) is 8.13. The van der Waals surface area contributed by atoms with Crippen molar-refractivity contribution in [1.29, 1.82) is 0 Å². The second kappa shape index (κ2) is 10.8. The largest absolute Gasteiger partial charge is 0.481 e. The molecule has 2 amide bonds. The van der Waals surface area contributed by atoms with Gasteiger partial charge in [-0.15, -0.1) is 0 Å². The highest BCUT2D eigenvalue weighted by Crippen LogP contribution is 2.26. The number of carbonyl (C=O) groups excluding carboxylic acids is 2. The van der Waals surface area contributed by atoms with Crippen LogP contribution in [0, 0.1) is 0 Å². The monoisotopic (exact) mass is 519 g/mol. The third-order valence-electron chi connectivity index (χ3n) is 5.55. The summed E-state index contributed by atoms with van der Waals surface area (Å²) >= 11 is 0. The van der Waals surface area contributed by atoms with Crippen LogP contribution >= 0.6 is 0 Å². The van der Waals surface area contributed by atoms with Crippen LogP contribution in [0.2, 0.25) is 0 Å². The van der Waals surface area contributed by atoms with Crippen molar-refractivity contribution >= 4 is 35.1 Å². The van der Waals surface area contributed by atoms with E-state index in [1.807, 2.05) is 4.90 Å². The summed E-state index contributed by atoms with van der Waals surface area (Å²) in [7, 11) is 1.63. The standard InChI is InChI=1S/C24H37N7O6/c1-23(2,3)36-21(34)28(7)12-16-13-29(10-11-31(16)22(35)37-24(4,5)6)19-18-20(26-14-25-19)30(15-27-18)9-8-17(32)33/h14-16H,8-13H2,1-7H3,(H,32,33). The van der Waals surface area contributed by atoms with Crippen molar-refractivity contribution < 1.29 is 29.0 Å². The number of ether oxygens (including phenoxy) is 2. The molecule has 204 valence electrons. The first-order valence-electron chi connectivity index (χ1n) is 12.2. The van der Waals surface area contributed by atoms with Crippen molar-refractivity contribution in [2.75, 3.05) is 38.1 Å². The predicted octanol–water partition coefficient (Wildman–Crippen LogP) is 2.59. The van der Waals surface area contributed by atoms with Gasteiger partial charge in [0, 0.05) is 39.8 Å². The van der Waals surface area contributed by atoms with E-state index < -0.39 is 35.4 Å². The molecule has 2 aromatic heterocycles. The minimum Gasteiger partial charge on any atom is -0.481 e. The summed E-state index contributed by atoms with van der Waals surface area (Å²) in [6.45, 7) is 12.4. The number of aliphatic carboxylic acids is 1. The van der Waals surface area contributed by atoms with Gasteiger partial charge in [-0.2, -0.15) is 0 Å². The highest BCUT2D eigenvalue weighted by Gasteiger charge is 2.36. The molecule has 0 spiro atoms. The van der Waals surface area contributed by atoms with Gasteiger partial charge in [0.15, 0.2) is 17.0 Å². The van der Waals surface area contributed by atoms with Crippen molar-refractivity contribution in [3.63, 3.8) is 0 Å². The van der Waals surface area contributed by atoms with Gasteiger partial charge in [-0.3, -0.25) is 9.69 Å². The highest BCUT2D eigenvalue weighted by atomic mass is 16.6. The van der Waals surface area contributed by atoms with Crippen LogP contribution < -0.4 is 4.90 Å². The Bertz CT molecular complexity index is 1140. The Balaban J connectivity index is 1.86. The molecule has 1 aliphatic heterocycles. The lowest BCUT2D eigenvalue weighted by Gasteiger charge is -2.43. The summed E-state index contributed by atoms with van der Waals surface area (Å²) < 4.78 is 12.8. The van der Waals surface area contributed by atoms with Crippen LogP contribution in [0.3, 0.4) is 0 Å². The maximum Gasteiger partial charge on any atom is 0.410 e. The van der Waals surface area contributed by atoms with Crippen LogP contribution in [0.1, 0.15) is 48.0 Å². The number of aryl methyl sites for hydroxylation is 1. The molecule has 1 unspecified atom stereocenters. The number of aromatic nitrogens is 4. The van der Waals surface area contributed by atoms with Gasteiger partial charge in [-0.25, -0.2) is 24.5 Å². The smallest absolute Gasteiger partial charge is 0.410 e. The number of amides is 2. The minimum absolute atomic E-state index is 0.0571. The van der Waals surface area contributed by atoms with Crippen LogP contribution in [0.4, 0.5) is 15.4 Å².